The van der Waals surface area contributed by atoms with Gasteiger partial charge in [0.1, 0.15) is 12.8 Å². The molecule has 0 bridgehead atoms. The van der Waals surface area contributed by atoms with Crippen molar-refractivity contribution in [2.45, 2.75) is 52.0 Å². The van der Waals surface area contributed by atoms with Crippen molar-refractivity contribution in [2.75, 3.05) is 46.6 Å². The van der Waals surface area contributed by atoms with Crippen LogP contribution in [0.4, 0.5) is 0 Å². The molecule has 0 aliphatic carbocycles. The van der Waals surface area contributed by atoms with Crippen LogP contribution in [0.5, 0.6) is 0 Å². The van der Waals surface area contributed by atoms with E-state index in [-0.39, 0.29) is 49.9 Å². The van der Waals surface area contributed by atoms with Gasteiger partial charge in [-0.3, -0.25) is 38.5 Å². The highest BCUT2D eigenvalue weighted by molar-refractivity contribution is 6.12. The van der Waals surface area contributed by atoms with Gasteiger partial charge in [0.15, 0.2) is 0 Å². The van der Waals surface area contributed by atoms with Crippen molar-refractivity contribution < 1.29 is 38.3 Å². The Morgan fingerprint density at radius 3 is 2.23 bits per heavy atom. The van der Waals surface area contributed by atoms with Gasteiger partial charge in [-0.15, -0.1) is 0 Å². The third-order valence-corrected chi connectivity index (χ3v) is 6.15. The number of benzene rings is 1. The number of rotatable bonds is 19. The molecule has 0 spiro atoms. The second-order valence-corrected chi connectivity index (χ2v) is 9.67. The molecular formula is C30H44N6O8. The lowest BCUT2D eigenvalue weighted by Gasteiger charge is -2.24. The number of carbonyl (C=O) groups excluding carboxylic acids is 7. The lowest BCUT2D eigenvalue weighted by Crippen LogP contribution is -2.52. The summed E-state index contributed by atoms with van der Waals surface area (Å²) in [5, 5.41) is 10.1. The molecule has 1 aliphatic rings. The van der Waals surface area contributed by atoms with Crippen LogP contribution >= 0.6 is 0 Å². The summed E-state index contributed by atoms with van der Waals surface area (Å²) >= 11 is 0. The van der Waals surface area contributed by atoms with E-state index in [0.717, 1.165) is 24.8 Å². The number of nitrogens with one attached hydrogen (secondary N) is 4. The third-order valence-electron chi connectivity index (χ3n) is 6.15. The van der Waals surface area contributed by atoms with Gasteiger partial charge in [-0.1, -0.05) is 36.8 Å². The average Bonchev–Trinajstić information content (AvgIpc) is 3.32. The molecule has 14 nitrogen and oxygen atoms in total. The second-order valence-electron chi connectivity index (χ2n) is 9.67. The van der Waals surface area contributed by atoms with Gasteiger partial charge in [0, 0.05) is 51.7 Å². The zero-order valence-corrected chi connectivity index (χ0v) is 25.6. The van der Waals surface area contributed by atoms with Crippen LogP contribution in [0.25, 0.3) is 0 Å². The molecule has 7 amide bonds. The van der Waals surface area contributed by atoms with Gasteiger partial charge < -0.3 is 30.9 Å². The highest BCUT2D eigenvalue weighted by Crippen LogP contribution is 2.08. The molecule has 0 radical (unpaired) electrons. The van der Waals surface area contributed by atoms with Gasteiger partial charge in [0.05, 0.1) is 13.1 Å². The summed E-state index contributed by atoms with van der Waals surface area (Å²) in [6.45, 7) is 4.92. The number of imide groups is 1. The molecule has 0 fully saturated rings. The minimum absolute atomic E-state index is 0.0579. The van der Waals surface area contributed by atoms with Crippen LogP contribution in [0.2, 0.25) is 0 Å². The third kappa shape index (κ3) is 15.6. The summed E-state index contributed by atoms with van der Waals surface area (Å²) in [5.41, 5.74) is 0.855. The van der Waals surface area contributed by atoms with Crippen LogP contribution in [0.3, 0.4) is 0 Å². The minimum atomic E-state index is -0.863. The monoisotopic (exact) mass is 616 g/mol. The number of hydrogen-bond acceptors (Lipinski definition) is 8. The molecule has 242 valence electrons. The van der Waals surface area contributed by atoms with E-state index < -0.39 is 17.9 Å². The fourth-order valence-corrected chi connectivity index (χ4v) is 3.95. The molecule has 1 atom stereocenters. The fraction of sp³-hybridized carbons (Fsp3) is 0.500. The van der Waals surface area contributed by atoms with Crippen molar-refractivity contribution in [3.05, 3.63) is 48.0 Å². The van der Waals surface area contributed by atoms with E-state index in [4.69, 9.17) is 4.74 Å². The van der Waals surface area contributed by atoms with Gasteiger partial charge >= 0.3 is 0 Å². The predicted molar refractivity (Wildman–Crippen MR) is 161 cm³/mol. The van der Waals surface area contributed by atoms with E-state index in [2.05, 4.69) is 21.3 Å². The Bertz CT molecular complexity index is 1110. The molecule has 1 unspecified atom stereocenters. The molecular weight excluding hydrogens is 572 g/mol. The lowest BCUT2D eigenvalue weighted by atomic mass is 10.0. The molecule has 1 aromatic rings. The first kappa shape index (κ1) is 37.4. The normalized spacial score (nSPS) is 12.5. The Kier molecular flexibility index (Phi) is 18.7. The molecule has 1 aliphatic heterocycles. The van der Waals surface area contributed by atoms with E-state index in [1.54, 1.807) is 6.92 Å². The molecule has 4 N–H and O–H groups in total. The number of amides is 7. The van der Waals surface area contributed by atoms with Gasteiger partial charge in [-0.05, 0) is 32.3 Å². The van der Waals surface area contributed by atoms with Crippen LogP contribution < -0.4 is 21.3 Å². The summed E-state index contributed by atoms with van der Waals surface area (Å²) in [5.74, 6) is -1.69. The van der Waals surface area contributed by atoms with Crippen LogP contribution in [-0.2, 0) is 44.7 Å². The van der Waals surface area contributed by atoms with E-state index in [9.17, 15) is 33.6 Å². The van der Waals surface area contributed by atoms with Gasteiger partial charge in [-0.2, -0.15) is 0 Å². The molecule has 44 heavy (non-hydrogen) atoms. The van der Waals surface area contributed by atoms with Crippen molar-refractivity contribution in [1.29, 1.82) is 0 Å². The Morgan fingerprint density at radius 1 is 0.932 bits per heavy atom. The smallest absolute Gasteiger partial charge is 0.253 e. The molecule has 2 rings (SSSR count). The maximum Gasteiger partial charge on any atom is 0.253 e. The van der Waals surface area contributed by atoms with Crippen LogP contribution in [-0.4, -0.2) is 104 Å². The maximum atomic E-state index is 12.7. The standard InChI is InChI=1S/C18H26N4O5.C12H18N2O3/c1-3-27-13-20-17(25)11-22(2)18(26)15(21-16(24)10-19-12-23)9-14-7-5-4-6-8-14;1-2-13-10(15)6-4-3-5-9-14-11(16)7-8-12(14)17/h4-8,12,15H,3,9-11,13H2,1-2H3,(H,19,23)(H,20,25)(H,21,24);7-8H,2-6,9H2,1H3,(H,13,15). The summed E-state index contributed by atoms with van der Waals surface area (Å²) in [4.78, 5) is 82.8. The van der Waals surface area contributed by atoms with E-state index >= 15 is 0 Å². The number of unbranched alkanes of at least 4 members (excludes halogenated alkanes) is 2. The van der Waals surface area contributed by atoms with E-state index in [0.29, 0.717) is 32.5 Å². The zero-order valence-electron chi connectivity index (χ0n) is 25.6. The van der Waals surface area contributed by atoms with Gasteiger partial charge in [-0.25, -0.2) is 0 Å². The van der Waals surface area contributed by atoms with E-state index in [1.165, 1.54) is 29.0 Å². The first-order chi connectivity index (χ1) is 21.1. The van der Waals surface area contributed by atoms with Crippen molar-refractivity contribution in [1.82, 2.24) is 31.1 Å². The summed E-state index contributed by atoms with van der Waals surface area (Å²) in [6, 6.07) is 8.32. The highest BCUT2D eigenvalue weighted by atomic mass is 16.5. The van der Waals surface area contributed by atoms with Crippen molar-refractivity contribution >= 4 is 41.9 Å². The van der Waals surface area contributed by atoms with Crippen molar-refractivity contribution in [2.24, 2.45) is 0 Å². The molecule has 0 saturated carbocycles. The average molecular weight is 617 g/mol. The number of nitrogens with zero attached hydrogens (tertiary/aromatic N) is 2. The molecule has 1 heterocycles. The topological polar surface area (TPSA) is 183 Å². The molecule has 0 saturated heterocycles. The number of carbonyl (C=O) groups is 7. The first-order valence-corrected chi connectivity index (χ1v) is 14.5. The summed E-state index contributed by atoms with van der Waals surface area (Å²) in [6.07, 6.45) is 6.13. The van der Waals surface area contributed by atoms with Crippen LogP contribution in [0, 0.1) is 0 Å². The highest BCUT2D eigenvalue weighted by Gasteiger charge is 2.25. The molecule has 0 aromatic heterocycles. The van der Waals surface area contributed by atoms with Crippen molar-refractivity contribution in [3.63, 3.8) is 0 Å². The van der Waals surface area contributed by atoms with Crippen LogP contribution in [0.1, 0.15) is 45.1 Å². The Morgan fingerprint density at radius 2 is 1.61 bits per heavy atom. The fourth-order valence-electron chi connectivity index (χ4n) is 3.95. The molecule has 14 heteroatoms. The zero-order chi connectivity index (χ0) is 32.7. The lowest BCUT2D eigenvalue weighted by molar-refractivity contribution is -0.138. The Labute approximate surface area is 257 Å². The minimum Gasteiger partial charge on any atom is -0.362 e. The summed E-state index contributed by atoms with van der Waals surface area (Å²) < 4.78 is 5.03. The maximum absolute atomic E-state index is 12.7. The van der Waals surface area contributed by atoms with Crippen molar-refractivity contribution in [3.8, 4) is 0 Å². The first-order valence-electron chi connectivity index (χ1n) is 14.5. The SMILES string of the molecule is CCNC(=O)CCCCCN1C(=O)C=CC1=O.CCOCNC(=O)CN(C)C(=O)C(Cc1ccccc1)NC(=O)CNC=O. The van der Waals surface area contributed by atoms with Gasteiger partial charge in [0.25, 0.3) is 11.8 Å². The largest absolute Gasteiger partial charge is 0.362 e. The van der Waals surface area contributed by atoms with Gasteiger partial charge in [0.2, 0.25) is 30.0 Å². The number of ether oxygens (including phenoxy) is 1. The number of likely N-dealkylation sites (N-methyl/N-ethyl adjacent to an activating group) is 1. The number of hydrogen-bond donors (Lipinski definition) is 4. The van der Waals surface area contributed by atoms with Crippen LogP contribution in [0.15, 0.2) is 42.5 Å². The predicted octanol–water partition coefficient (Wildman–Crippen LogP) is -0.364. The second kappa shape index (κ2) is 22.0. The quantitative estimate of drug-likeness (QED) is 0.0703. The Balaban J connectivity index is 0.000000488. The summed E-state index contributed by atoms with van der Waals surface area (Å²) in [7, 11) is 1.48. The Hall–Kier alpha value is -4.59. The van der Waals surface area contributed by atoms with E-state index in [1.807, 2.05) is 37.3 Å². The molecule has 1 aromatic carbocycles.